The predicted octanol–water partition coefficient (Wildman–Crippen LogP) is 2.17. The number of ether oxygens (including phenoxy) is 1. The zero-order valence-electron chi connectivity index (χ0n) is 15.9. The summed E-state index contributed by atoms with van der Waals surface area (Å²) in [5, 5.41) is 0. The summed E-state index contributed by atoms with van der Waals surface area (Å²) in [6, 6.07) is 16.0. The molecule has 0 aliphatic carbocycles. The molecule has 0 spiro atoms. The van der Waals surface area contributed by atoms with Crippen molar-refractivity contribution in [2.45, 2.75) is 11.3 Å². The maximum absolute atomic E-state index is 12.8. The van der Waals surface area contributed by atoms with E-state index in [0.717, 1.165) is 12.0 Å². The van der Waals surface area contributed by atoms with Crippen LogP contribution in [0.15, 0.2) is 59.5 Å². The topological polar surface area (TPSA) is 89.7 Å². The predicted molar refractivity (Wildman–Crippen MR) is 113 cm³/mol. The molecule has 0 aromatic heterocycles. The van der Waals surface area contributed by atoms with Gasteiger partial charge < -0.3 is 15.4 Å². The first-order valence-electron chi connectivity index (χ1n) is 8.83. The molecule has 0 atom stereocenters. The SMILES string of the molecule is COCCS(=O)(=O)c1ccc(C(=O)N(CCN)CCc2ccccc2)cc1.Cl. The summed E-state index contributed by atoms with van der Waals surface area (Å²) in [5.41, 5.74) is 7.25. The summed E-state index contributed by atoms with van der Waals surface area (Å²) in [5.74, 6) is -0.245. The van der Waals surface area contributed by atoms with Crippen LogP contribution in [0.1, 0.15) is 15.9 Å². The number of nitrogens with zero attached hydrogens (tertiary/aromatic N) is 1. The van der Waals surface area contributed by atoms with Crippen molar-refractivity contribution in [3.05, 3.63) is 65.7 Å². The van der Waals surface area contributed by atoms with E-state index >= 15 is 0 Å². The molecule has 28 heavy (non-hydrogen) atoms. The smallest absolute Gasteiger partial charge is 0.253 e. The molecular formula is C20H27ClN2O4S. The number of sulfone groups is 1. The first kappa shape index (κ1) is 24.1. The maximum atomic E-state index is 12.8. The zero-order valence-corrected chi connectivity index (χ0v) is 17.5. The van der Waals surface area contributed by atoms with Crippen molar-refractivity contribution in [3.8, 4) is 0 Å². The number of hydrogen-bond acceptors (Lipinski definition) is 5. The second-order valence-corrected chi connectivity index (χ2v) is 8.26. The molecule has 0 aliphatic rings. The summed E-state index contributed by atoms with van der Waals surface area (Å²) in [7, 11) is -1.95. The van der Waals surface area contributed by atoms with Crippen molar-refractivity contribution in [1.82, 2.24) is 4.90 Å². The molecule has 2 aromatic rings. The zero-order chi connectivity index (χ0) is 19.7. The highest BCUT2D eigenvalue weighted by Gasteiger charge is 2.18. The van der Waals surface area contributed by atoms with Crippen LogP contribution >= 0.6 is 12.4 Å². The quantitative estimate of drug-likeness (QED) is 0.628. The van der Waals surface area contributed by atoms with Crippen LogP contribution in [0.4, 0.5) is 0 Å². The van der Waals surface area contributed by atoms with Crippen LogP contribution in [0.5, 0.6) is 0 Å². The number of nitrogens with two attached hydrogens (primary N) is 1. The third kappa shape index (κ3) is 6.91. The molecule has 0 saturated carbocycles. The molecule has 0 radical (unpaired) electrons. The van der Waals surface area contributed by atoms with Crippen molar-refractivity contribution in [2.75, 3.05) is 39.1 Å². The number of methoxy groups -OCH3 is 1. The van der Waals surface area contributed by atoms with Crippen molar-refractivity contribution >= 4 is 28.2 Å². The minimum atomic E-state index is -3.41. The lowest BCUT2D eigenvalue weighted by Crippen LogP contribution is -2.37. The lowest BCUT2D eigenvalue weighted by atomic mass is 10.1. The van der Waals surface area contributed by atoms with Gasteiger partial charge in [0, 0.05) is 32.3 Å². The lowest BCUT2D eigenvalue weighted by molar-refractivity contribution is 0.0762. The molecule has 0 unspecified atom stereocenters. The Morgan fingerprint density at radius 1 is 1.04 bits per heavy atom. The Hall–Kier alpha value is -1.93. The van der Waals surface area contributed by atoms with Gasteiger partial charge in [0.2, 0.25) is 0 Å². The monoisotopic (exact) mass is 426 g/mol. The summed E-state index contributed by atoms with van der Waals surface area (Å²) >= 11 is 0. The van der Waals surface area contributed by atoms with Crippen molar-refractivity contribution < 1.29 is 17.9 Å². The summed E-state index contributed by atoms with van der Waals surface area (Å²) in [4.78, 5) is 14.7. The van der Waals surface area contributed by atoms with Crippen LogP contribution in [-0.4, -0.2) is 58.3 Å². The molecule has 0 saturated heterocycles. The van der Waals surface area contributed by atoms with E-state index in [4.69, 9.17) is 10.5 Å². The molecule has 2 rings (SSSR count). The average molecular weight is 427 g/mol. The Balaban J connectivity index is 0.00000392. The Bertz CT molecular complexity index is 827. The Morgan fingerprint density at radius 2 is 1.68 bits per heavy atom. The van der Waals surface area contributed by atoms with Crippen LogP contribution in [0.25, 0.3) is 0 Å². The van der Waals surface area contributed by atoms with E-state index in [1.165, 1.54) is 19.2 Å². The van der Waals surface area contributed by atoms with Crippen LogP contribution in [0.2, 0.25) is 0 Å². The van der Waals surface area contributed by atoms with Gasteiger partial charge in [0.1, 0.15) is 0 Å². The second kappa shape index (κ2) is 11.8. The normalized spacial score (nSPS) is 10.9. The number of benzene rings is 2. The van der Waals surface area contributed by atoms with Crippen molar-refractivity contribution in [2.24, 2.45) is 5.73 Å². The number of hydrogen-bond donors (Lipinski definition) is 1. The molecule has 0 heterocycles. The molecule has 0 aliphatic heterocycles. The van der Waals surface area contributed by atoms with E-state index < -0.39 is 9.84 Å². The van der Waals surface area contributed by atoms with Gasteiger partial charge in [0.15, 0.2) is 9.84 Å². The molecule has 8 heteroatoms. The van der Waals surface area contributed by atoms with E-state index in [9.17, 15) is 13.2 Å². The van der Waals surface area contributed by atoms with Crippen molar-refractivity contribution in [3.63, 3.8) is 0 Å². The van der Waals surface area contributed by atoms with Crippen LogP contribution < -0.4 is 5.73 Å². The molecule has 154 valence electrons. The second-order valence-electron chi connectivity index (χ2n) is 6.15. The molecule has 6 nitrogen and oxygen atoms in total. The van der Waals surface area contributed by atoms with Gasteiger partial charge in [-0.25, -0.2) is 8.42 Å². The molecule has 0 fully saturated rings. The number of rotatable bonds is 10. The van der Waals surface area contributed by atoms with Crippen LogP contribution in [0, 0.1) is 0 Å². The number of carbonyl (C=O) groups excluding carboxylic acids is 1. The van der Waals surface area contributed by atoms with Gasteiger partial charge in [0.05, 0.1) is 17.3 Å². The Kier molecular flexibility index (Phi) is 10.2. The highest BCUT2D eigenvalue weighted by atomic mass is 35.5. The number of amides is 1. The Labute approximate surface area is 173 Å². The van der Waals surface area contributed by atoms with E-state index in [1.54, 1.807) is 17.0 Å². The van der Waals surface area contributed by atoms with Gasteiger partial charge in [-0.3, -0.25) is 4.79 Å². The standard InChI is InChI=1S/C20H26N2O4S.ClH/c1-26-15-16-27(24,25)19-9-7-18(8-10-19)20(23)22(14-12-21)13-11-17-5-3-2-4-6-17;/h2-10H,11-16,21H2,1H3;1H. The fourth-order valence-corrected chi connectivity index (χ4v) is 3.85. The summed E-state index contributed by atoms with van der Waals surface area (Å²) < 4.78 is 29.2. The number of halogens is 1. The summed E-state index contributed by atoms with van der Waals surface area (Å²) in [6.45, 7) is 1.49. The van der Waals surface area contributed by atoms with Gasteiger partial charge in [-0.2, -0.15) is 0 Å². The minimum Gasteiger partial charge on any atom is -0.384 e. The van der Waals surface area contributed by atoms with Crippen molar-refractivity contribution in [1.29, 1.82) is 0 Å². The van der Waals surface area contributed by atoms with Crippen LogP contribution in [0.3, 0.4) is 0 Å². The third-order valence-electron chi connectivity index (χ3n) is 4.22. The largest absolute Gasteiger partial charge is 0.384 e. The van der Waals surface area contributed by atoms with Gasteiger partial charge in [0.25, 0.3) is 5.91 Å². The average Bonchev–Trinajstić information content (AvgIpc) is 2.70. The third-order valence-corrected chi connectivity index (χ3v) is 5.91. The molecule has 2 aromatic carbocycles. The maximum Gasteiger partial charge on any atom is 0.253 e. The van der Waals surface area contributed by atoms with Gasteiger partial charge in [-0.05, 0) is 36.2 Å². The highest BCUT2D eigenvalue weighted by Crippen LogP contribution is 2.14. The first-order valence-corrected chi connectivity index (χ1v) is 10.5. The molecular weight excluding hydrogens is 400 g/mol. The van der Waals surface area contributed by atoms with Gasteiger partial charge in [-0.15, -0.1) is 12.4 Å². The fraction of sp³-hybridized carbons (Fsp3) is 0.350. The fourth-order valence-electron chi connectivity index (χ4n) is 2.68. The molecule has 2 N–H and O–H groups in total. The van der Waals surface area contributed by atoms with E-state index in [0.29, 0.717) is 25.2 Å². The van der Waals surface area contributed by atoms with Crippen LogP contribution in [-0.2, 0) is 21.0 Å². The minimum absolute atomic E-state index is 0. The first-order chi connectivity index (χ1) is 13.0. The van der Waals surface area contributed by atoms with Gasteiger partial charge >= 0.3 is 0 Å². The van der Waals surface area contributed by atoms with E-state index in [-0.39, 0.29) is 35.6 Å². The highest BCUT2D eigenvalue weighted by molar-refractivity contribution is 7.91. The van der Waals surface area contributed by atoms with E-state index in [2.05, 4.69) is 0 Å². The molecule has 0 bridgehead atoms. The molecule has 1 amide bonds. The van der Waals surface area contributed by atoms with Gasteiger partial charge in [-0.1, -0.05) is 30.3 Å². The van der Waals surface area contributed by atoms with E-state index in [1.807, 2.05) is 30.3 Å². The Morgan fingerprint density at radius 3 is 2.25 bits per heavy atom. The lowest BCUT2D eigenvalue weighted by Gasteiger charge is -2.22. The number of carbonyl (C=O) groups is 1. The summed E-state index contributed by atoms with van der Waals surface area (Å²) in [6.07, 6.45) is 0.732.